The number of carbonyl (C=O) groups is 2. The van der Waals surface area contributed by atoms with E-state index in [4.69, 9.17) is 13.9 Å². The largest absolute Gasteiger partial charge is 0.496 e. The van der Waals surface area contributed by atoms with Crippen molar-refractivity contribution in [3.05, 3.63) is 48.2 Å². The van der Waals surface area contributed by atoms with Gasteiger partial charge in [0.1, 0.15) is 5.75 Å². The molecule has 0 bridgehead atoms. The van der Waals surface area contributed by atoms with Crippen LogP contribution in [0.1, 0.15) is 17.3 Å². The Morgan fingerprint density at radius 3 is 2.71 bits per heavy atom. The summed E-state index contributed by atoms with van der Waals surface area (Å²) >= 11 is 1.19. The lowest BCUT2D eigenvalue weighted by molar-refractivity contribution is -0.139. The highest BCUT2D eigenvalue weighted by atomic mass is 32.2. The van der Waals surface area contributed by atoms with Gasteiger partial charge in [0.15, 0.2) is 23.3 Å². The Balaban J connectivity index is 1.56. The SMILES string of the molecule is CCn1c(SCC(=O)OCC(=O)c2ccccc2OC)nnc1-c1ccco1. The first-order chi connectivity index (χ1) is 13.6. The van der Waals surface area contributed by atoms with Gasteiger partial charge < -0.3 is 13.9 Å². The molecule has 2 heterocycles. The zero-order chi connectivity index (χ0) is 19.9. The molecule has 0 N–H and O–H groups in total. The van der Waals surface area contributed by atoms with Crippen LogP contribution in [0.15, 0.2) is 52.2 Å². The number of hydrogen-bond acceptors (Lipinski definition) is 8. The van der Waals surface area contributed by atoms with Gasteiger partial charge in [-0.15, -0.1) is 10.2 Å². The van der Waals surface area contributed by atoms with E-state index in [0.29, 0.717) is 34.6 Å². The number of hydrogen-bond donors (Lipinski definition) is 0. The van der Waals surface area contributed by atoms with E-state index in [-0.39, 0.29) is 18.1 Å². The Labute approximate surface area is 165 Å². The Morgan fingerprint density at radius 1 is 1.18 bits per heavy atom. The molecular formula is C19H19N3O5S. The van der Waals surface area contributed by atoms with Crippen molar-refractivity contribution >= 4 is 23.5 Å². The number of thioether (sulfide) groups is 1. The second kappa shape index (κ2) is 9.23. The maximum atomic E-state index is 12.2. The number of Topliss-reactive ketones (excluding diaryl/α,β-unsaturated/α-hetero) is 1. The van der Waals surface area contributed by atoms with Crippen molar-refractivity contribution in [2.24, 2.45) is 0 Å². The van der Waals surface area contributed by atoms with E-state index in [9.17, 15) is 9.59 Å². The monoisotopic (exact) mass is 401 g/mol. The van der Waals surface area contributed by atoms with Gasteiger partial charge in [-0.3, -0.25) is 14.2 Å². The van der Waals surface area contributed by atoms with E-state index in [1.54, 1.807) is 42.7 Å². The zero-order valence-electron chi connectivity index (χ0n) is 15.5. The van der Waals surface area contributed by atoms with E-state index in [2.05, 4.69) is 10.2 Å². The predicted molar refractivity (Wildman–Crippen MR) is 102 cm³/mol. The normalized spacial score (nSPS) is 10.6. The third-order valence-corrected chi connectivity index (χ3v) is 4.81. The molecule has 0 atom stereocenters. The van der Waals surface area contributed by atoms with Crippen LogP contribution in [0.3, 0.4) is 0 Å². The number of rotatable bonds is 9. The molecule has 2 aromatic heterocycles. The number of para-hydroxylation sites is 1. The van der Waals surface area contributed by atoms with Crippen LogP contribution in [0, 0.1) is 0 Å². The lowest BCUT2D eigenvalue weighted by Crippen LogP contribution is -2.16. The van der Waals surface area contributed by atoms with E-state index in [1.807, 2.05) is 11.5 Å². The van der Waals surface area contributed by atoms with Gasteiger partial charge in [0, 0.05) is 6.54 Å². The van der Waals surface area contributed by atoms with Gasteiger partial charge in [-0.1, -0.05) is 23.9 Å². The second-order valence-corrected chi connectivity index (χ2v) is 6.54. The van der Waals surface area contributed by atoms with Crippen LogP contribution in [0.4, 0.5) is 0 Å². The number of benzene rings is 1. The second-order valence-electron chi connectivity index (χ2n) is 5.60. The van der Waals surface area contributed by atoms with Gasteiger partial charge >= 0.3 is 5.97 Å². The number of methoxy groups -OCH3 is 1. The first-order valence-electron chi connectivity index (χ1n) is 8.55. The quantitative estimate of drug-likeness (QED) is 0.307. The van der Waals surface area contributed by atoms with Crippen LogP contribution in [-0.4, -0.2) is 46.0 Å². The minimum absolute atomic E-state index is 0.00942. The summed E-state index contributed by atoms with van der Waals surface area (Å²) in [4.78, 5) is 24.3. The van der Waals surface area contributed by atoms with Crippen LogP contribution >= 0.6 is 11.8 Å². The maximum absolute atomic E-state index is 12.2. The smallest absolute Gasteiger partial charge is 0.316 e. The zero-order valence-corrected chi connectivity index (χ0v) is 16.3. The maximum Gasteiger partial charge on any atom is 0.316 e. The summed E-state index contributed by atoms with van der Waals surface area (Å²) in [7, 11) is 1.48. The summed E-state index contributed by atoms with van der Waals surface area (Å²) in [6.07, 6.45) is 1.56. The van der Waals surface area contributed by atoms with Crippen molar-refractivity contribution in [1.29, 1.82) is 0 Å². The molecular weight excluding hydrogens is 382 g/mol. The molecule has 8 nitrogen and oxygen atoms in total. The standard InChI is InChI=1S/C19H19N3O5S/c1-3-22-18(16-9-6-10-26-16)20-21-19(22)28-12-17(24)27-11-14(23)13-7-4-5-8-15(13)25-2/h4-10H,3,11-12H2,1-2H3. The van der Waals surface area contributed by atoms with Crippen molar-refractivity contribution in [2.45, 2.75) is 18.6 Å². The van der Waals surface area contributed by atoms with E-state index in [1.165, 1.54) is 18.9 Å². The van der Waals surface area contributed by atoms with Crippen molar-refractivity contribution in [1.82, 2.24) is 14.8 Å². The lowest BCUT2D eigenvalue weighted by Gasteiger charge is -2.08. The van der Waals surface area contributed by atoms with Crippen LogP contribution < -0.4 is 4.74 Å². The Hall–Kier alpha value is -3.07. The van der Waals surface area contributed by atoms with Crippen molar-refractivity contribution < 1.29 is 23.5 Å². The molecule has 28 heavy (non-hydrogen) atoms. The molecule has 0 saturated carbocycles. The van der Waals surface area contributed by atoms with Crippen LogP contribution in [-0.2, 0) is 16.1 Å². The van der Waals surface area contributed by atoms with Gasteiger partial charge in [0.25, 0.3) is 0 Å². The van der Waals surface area contributed by atoms with Crippen molar-refractivity contribution in [3.8, 4) is 17.3 Å². The Morgan fingerprint density at radius 2 is 2.00 bits per heavy atom. The van der Waals surface area contributed by atoms with E-state index >= 15 is 0 Å². The number of esters is 1. The number of furan rings is 1. The fraction of sp³-hybridized carbons (Fsp3) is 0.263. The molecule has 9 heteroatoms. The molecule has 0 unspecified atom stereocenters. The highest BCUT2D eigenvalue weighted by Gasteiger charge is 2.18. The van der Waals surface area contributed by atoms with Crippen LogP contribution in [0.25, 0.3) is 11.6 Å². The summed E-state index contributed by atoms with van der Waals surface area (Å²) in [6.45, 7) is 2.22. The Bertz CT molecular complexity index is 952. The highest BCUT2D eigenvalue weighted by molar-refractivity contribution is 7.99. The third kappa shape index (κ3) is 4.42. The van der Waals surface area contributed by atoms with Gasteiger partial charge in [-0.2, -0.15) is 0 Å². The topological polar surface area (TPSA) is 96.5 Å². The highest BCUT2D eigenvalue weighted by Crippen LogP contribution is 2.24. The molecule has 0 aliphatic rings. The molecule has 3 aromatic rings. The van der Waals surface area contributed by atoms with E-state index < -0.39 is 5.97 Å². The fourth-order valence-electron chi connectivity index (χ4n) is 2.53. The number of ketones is 1. The number of aromatic nitrogens is 3. The summed E-state index contributed by atoms with van der Waals surface area (Å²) in [5, 5.41) is 8.79. The molecule has 146 valence electrons. The molecule has 0 aliphatic carbocycles. The number of carbonyl (C=O) groups excluding carboxylic acids is 2. The van der Waals surface area contributed by atoms with Gasteiger partial charge in [-0.25, -0.2) is 0 Å². The molecule has 0 amide bonds. The summed E-state index contributed by atoms with van der Waals surface area (Å²) in [6, 6.07) is 10.4. The van der Waals surface area contributed by atoms with Crippen LogP contribution in [0.5, 0.6) is 5.75 Å². The van der Waals surface area contributed by atoms with Gasteiger partial charge in [-0.05, 0) is 31.2 Å². The van der Waals surface area contributed by atoms with E-state index in [0.717, 1.165) is 0 Å². The van der Waals surface area contributed by atoms with Gasteiger partial charge in [0.05, 0.1) is 24.7 Å². The molecule has 3 rings (SSSR count). The van der Waals surface area contributed by atoms with Crippen molar-refractivity contribution in [2.75, 3.05) is 19.5 Å². The van der Waals surface area contributed by atoms with Crippen molar-refractivity contribution in [3.63, 3.8) is 0 Å². The third-order valence-electron chi connectivity index (χ3n) is 3.87. The molecule has 0 spiro atoms. The molecule has 0 saturated heterocycles. The summed E-state index contributed by atoms with van der Waals surface area (Å²) in [5.41, 5.74) is 0.374. The first-order valence-corrected chi connectivity index (χ1v) is 9.54. The number of nitrogens with zero attached hydrogens (tertiary/aromatic N) is 3. The molecule has 1 aromatic carbocycles. The first kappa shape index (κ1) is 19.7. The fourth-order valence-corrected chi connectivity index (χ4v) is 3.33. The molecule has 0 fully saturated rings. The molecule has 0 aliphatic heterocycles. The average molecular weight is 401 g/mol. The number of ether oxygens (including phenoxy) is 2. The summed E-state index contributed by atoms with van der Waals surface area (Å²) < 4.78 is 17.4. The molecule has 0 radical (unpaired) electrons. The average Bonchev–Trinajstić information content (AvgIpc) is 3.39. The predicted octanol–water partition coefficient (Wildman–Crippen LogP) is 3.08. The van der Waals surface area contributed by atoms with Gasteiger partial charge in [0.2, 0.25) is 5.78 Å². The minimum atomic E-state index is -0.515. The Kier molecular flexibility index (Phi) is 6.49. The lowest BCUT2D eigenvalue weighted by atomic mass is 10.1. The minimum Gasteiger partial charge on any atom is -0.496 e. The van der Waals surface area contributed by atoms with Crippen LogP contribution in [0.2, 0.25) is 0 Å². The summed E-state index contributed by atoms with van der Waals surface area (Å²) in [5.74, 6) is 0.807.